The zero-order valence-corrected chi connectivity index (χ0v) is 15.9. The Labute approximate surface area is 159 Å². The molecule has 0 atom stereocenters. The summed E-state index contributed by atoms with van der Waals surface area (Å²) < 4.78 is 15.7. The van der Waals surface area contributed by atoms with E-state index in [-0.39, 0.29) is 5.91 Å². The van der Waals surface area contributed by atoms with E-state index in [0.29, 0.717) is 43.0 Å². The molecule has 0 aliphatic carbocycles. The van der Waals surface area contributed by atoms with Crippen molar-refractivity contribution in [3.8, 4) is 17.2 Å². The minimum Gasteiger partial charge on any atom is -0.497 e. The fraction of sp³-hybridized carbons (Fsp3) is 0.381. The molecule has 3 rings (SSSR count). The Morgan fingerprint density at radius 2 is 1.56 bits per heavy atom. The van der Waals surface area contributed by atoms with Crippen LogP contribution >= 0.6 is 0 Å². The number of benzene rings is 2. The van der Waals surface area contributed by atoms with Gasteiger partial charge in [-0.3, -0.25) is 4.79 Å². The monoisotopic (exact) mass is 371 g/mol. The van der Waals surface area contributed by atoms with Gasteiger partial charge in [-0.15, -0.1) is 0 Å². The number of likely N-dealkylation sites (tertiary alicyclic amines) is 1. The summed E-state index contributed by atoms with van der Waals surface area (Å²) in [5.74, 6) is 1.79. The number of rotatable bonds is 5. The molecule has 0 unspecified atom stereocenters. The standard InChI is InChI=1S/C21H25NO5/c1-25-17-7-5-16(6-8-17)21(24)10-12-22(13-11-21)20(23)15-4-9-18(26-2)19(14-15)27-3/h4-9,14,24H,10-13H2,1-3H3. The first-order valence-electron chi connectivity index (χ1n) is 8.89. The predicted molar refractivity (Wildman–Crippen MR) is 102 cm³/mol. The van der Waals surface area contributed by atoms with Crippen molar-refractivity contribution in [2.75, 3.05) is 34.4 Å². The average Bonchev–Trinajstić information content (AvgIpc) is 2.73. The Balaban J connectivity index is 1.70. The van der Waals surface area contributed by atoms with Gasteiger partial charge in [-0.2, -0.15) is 0 Å². The van der Waals surface area contributed by atoms with Crippen LogP contribution in [0.5, 0.6) is 17.2 Å². The summed E-state index contributed by atoms with van der Waals surface area (Å²) in [6.45, 7) is 0.964. The zero-order valence-electron chi connectivity index (χ0n) is 15.9. The van der Waals surface area contributed by atoms with Crippen molar-refractivity contribution in [1.82, 2.24) is 4.90 Å². The second-order valence-electron chi connectivity index (χ2n) is 6.62. The lowest BCUT2D eigenvalue weighted by Gasteiger charge is -2.38. The lowest BCUT2D eigenvalue weighted by Crippen LogP contribution is -2.45. The molecule has 1 saturated heterocycles. The molecule has 0 spiro atoms. The Hall–Kier alpha value is -2.73. The summed E-state index contributed by atoms with van der Waals surface area (Å²) in [4.78, 5) is 14.6. The lowest BCUT2D eigenvalue weighted by molar-refractivity contribution is -0.0211. The fourth-order valence-corrected chi connectivity index (χ4v) is 3.42. The second kappa shape index (κ2) is 7.88. The molecule has 0 radical (unpaired) electrons. The van der Waals surface area contributed by atoms with Gasteiger partial charge in [-0.1, -0.05) is 12.1 Å². The number of methoxy groups -OCH3 is 3. The SMILES string of the molecule is COc1ccc(C2(O)CCN(C(=O)c3ccc(OC)c(OC)c3)CC2)cc1. The number of hydrogen-bond acceptors (Lipinski definition) is 5. The molecule has 2 aromatic carbocycles. The average molecular weight is 371 g/mol. The minimum absolute atomic E-state index is 0.0762. The van der Waals surface area contributed by atoms with Crippen molar-refractivity contribution >= 4 is 5.91 Å². The topological polar surface area (TPSA) is 68.2 Å². The third kappa shape index (κ3) is 3.85. The van der Waals surface area contributed by atoms with Gasteiger partial charge in [-0.25, -0.2) is 0 Å². The van der Waals surface area contributed by atoms with Crippen LogP contribution in [0, 0.1) is 0 Å². The van der Waals surface area contributed by atoms with Crippen molar-refractivity contribution in [3.05, 3.63) is 53.6 Å². The van der Waals surface area contributed by atoms with Crippen molar-refractivity contribution in [1.29, 1.82) is 0 Å². The highest BCUT2D eigenvalue weighted by Crippen LogP contribution is 2.35. The van der Waals surface area contributed by atoms with Gasteiger partial charge in [0.25, 0.3) is 5.91 Å². The van der Waals surface area contributed by atoms with Crippen molar-refractivity contribution in [2.45, 2.75) is 18.4 Å². The summed E-state index contributed by atoms with van der Waals surface area (Å²) >= 11 is 0. The molecule has 1 aliphatic rings. The first-order valence-corrected chi connectivity index (χ1v) is 8.89. The Kier molecular flexibility index (Phi) is 5.56. The molecule has 0 bridgehead atoms. The van der Waals surface area contributed by atoms with E-state index in [2.05, 4.69) is 0 Å². The number of amides is 1. The summed E-state index contributed by atoms with van der Waals surface area (Å²) in [5, 5.41) is 11.0. The first kappa shape index (κ1) is 19.0. The maximum atomic E-state index is 12.8. The highest BCUT2D eigenvalue weighted by molar-refractivity contribution is 5.95. The van der Waals surface area contributed by atoms with Gasteiger partial charge in [0.05, 0.1) is 26.9 Å². The Morgan fingerprint density at radius 1 is 0.926 bits per heavy atom. The normalized spacial score (nSPS) is 15.9. The predicted octanol–water partition coefficient (Wildman–Crippen LogP) is 2.84. The van der Waals surface area contributed by atoms with E-state index in [1.165, 1.54) is 0 Å². The van der Waals surface area contributed by atoms with Crippen LogP contribution in [0.1, 0.15) is 28.8 Å². The molecule has 1 fully saturated rings. The van der Waals surface area contributed by atoms with Crippen LogP contribution in [0.25, 0.3) is 0 Å². The van der Waals surface area contributed by atoms with Crippen LogP contribution in [0.3, 0.4) is 0 Å². The summed E-state index contributed by atoms with van der Waals surface area (Å²) in [6.07, 6.45) is 0.969. The van der Waals surface area contributed by atoms with Gasteiger partial charge in [-0.05, 0) is 48.7 Å². The van der Waals surface area contributed by atoms with Crippen LogP contribution in [0.4, 0.5) is 0 Å². The molecule has 1 amide bonds. The van der Waals surface area contributed by atoms with E-state index in [1.54, 1.807) is 44.4 Å². The van der Waals surface area contributed by atoms with Gasteiger partial charge < -0.3 is 24.2 Å². The molecular weight excluding hydrogens is 346 g/mol. The number of ether oxygens (including phenoxy) is 3. The molecule has 2 aromatic rings. The van der Waals surface area contributed by atoms with Crippen molar-refractivity contribution in [3.63, 3.8) is 0 Å². The molecule has 0 aromatic heterocycles. The zero-order chi connectivity index (χ0) is 19.4. The van der Waals surface area contributed by atoms with Crippen molar-refractivity contribution < 1.29 is 24.1 Å². The minimum atomic E-state index is -0.930. The van der Waals surface area contributed by atoms with E-state index < -0.39 is 5.60 Å². The van der Waals surface area contributed by atoms with Crippen LogP contribution in [-0.4, -0.2) is 50.3 Å². The summed E-state index contributed by atoms with van der Waals surface area (Å²) in [7, 11) is 4.72. The highest BCUT2D eigenvalue weighted by atomic mass is 16.5. The van der Waals surface area contributed by atoms with Gasteiger partial charge in [0.1, 0.15) is 5.75 Å². The van der Waals surface area contributed by atoms with Gasteiger partial charge in [0.2, 0.25) is 0 Å². The second-order valence-corrected chi connectivity index (χ2v) is 6.62. The third-order valence-corrected chi connectivity index (χ3v) is 5.14. The molecule has 6 heteroatoms. The number of piperidine rings is 1. The van der Waals surface area contributed by atoms with Gasteiger partial charge in [0, 0.05) is 18.7 Å². The van der Waals surface area contributed by atoms with E-state index in [1.807, 2.05) is 24.3 Å². The third-order valence-electron chi connectivity index (χ3n) is 5.14. The number of carbonyl (C=O) groups excluding carboxylic acids is 1. The van der Waals surface area contributed by atoms with Crippen LogP contribution < -0.4 is 14.2 Å². The van der Waals surface area contributed by atoms with Gasteiger partial charge in [0.15, 0.2) is 11.5 Å². The molecule has 27 heavy (non-hydrogen) atoms. The number of nitrogens with zero attached hydrogens (tertiary/aromatic N) is 1. The quantitative estimate of drug-likeness (QED) is 0.875. The Morgan fingerprint density at radius 3 is 2.11 bits per heavy atom. The molecule has 1 heterocycles. The molecular formula is C21H25NO5. The molecule has 0 saturated carbocycles. The number of carbonyl (C=O) groups is 1. The maximum absolute atomic E-state index is 12.8. The van der Waals surface area contributed by atoms with Crippen molar-refractivity contribution in [2.24, 2.45) is 0 Å². The first-order chi connectivity index (χ1) is 13.0. The molecule has 6 nitrogen and oxygen atoms in total. The lowest BCUT2D eigenvalue weighted by atomic mass is 9.84. The van der Waals surface area contributed by atoms with E-state index >= 15 is 0 Å². The van der Waals surface area contributed by atoms with Gasteiger partial charge >= 0.3 is 0 Å². The highest BCUT2D eigenvalue weighted by Gasteiger charge is 2.35. The van der Waals surface area contributed by atoms with E-state index in [4.69, 9.17) is 14.2 Å². The largest absolute Gasteiger partial charge is 0.497 e. The molecule has 144 valence electrons. The number of hydrogen-bond donors (Lipinski definition) is 1. The number of aliphatic hydroxyl groups is 1. The van der Waals surface area contributed by atoms with E-state index in [0.717, 1.165) is 11.3 Å². The Bertz CT molecular complexity index is 795. The molecule has 1 aliphatic heterocycles. The van der Waals surface area contributed by atoms with E-state index in [9.17, 15) is 9.90 Å². The summed E-state index contributed by atoms with van der Waals surface area (Å²) in [5.41, 5.74) is 0.463. The van der Waals surface area contributed by atoms with Crippen LogP contribution in [0.15, 0.2) is 42.5 Å². The van der Waals surface area contributed by atoms with Crippen LogP contribution in [0.2, 0.25) is 0 Å². The summed E-state index contributed by atoms with van der Waals surface area (Å²) in [6, 6.07) is 12.6. The smallest absolute Gasteiger partial charge is 0.253 e. The maximum Gasteiger partial charge on any atom is 0.253 e. The fourth-order valence-electron chi connectivity index (χ4n) is 3.42. The molecule has 1 N–H and O–H groups in total. The van der Waals surface area contributed by atoms with Crippen LogP contribution in [-0.2, 0) is 5.60 Å².